The van der Waals surface area contributed by atoms with Crippen LogP contribution in [0.25, 0.3) is 0 Å². The van der Waals surface area contributed by atoms with Crippen LogP contribution >= 0.6 is 0 Å². The molecule has 0 spiro atoms. The second kappa shape index (κ2) is 6.52. The van der Waals surface area contributed by atoms with E-state index in [0.717, 1.165) is 25.7 Å². The predicted octanol–water partition coefficient (Wildman–Crippen LogP) is 0.928. The van der Waals surface area contributed by atoms with Gasteiger partial charge in [0, 0.05) is 19.6 Å². The Hall–Kier alpha value is -0.170. The highest BCUT2D eigenvalue weighted by molar-refractivity contribution is 7.87. The molecule has 0 amide bonds. The van der Waals surface area contributed by atoms with E-state index in [2.05, 4.69) is 11.6 Å². The summed E-state index contributed by atoms with van der Waals surface area (Å²) in [5.74, 6) is 1.55. The maximum absolute atomic E-state index is 12.2. The molecule has 0 aromatic carbocycles. The first-order valence-corrected chi connectivity index (χ1v) is 8.91. The Morgan fingerprint density at radius 1 is 1.16 bits per heavy atom. The van der Waals surface area contributed by atoms with Crippen LogP contribution in [0.3, 0.4) is 0 Å². The molecule has 0 aromatic heterocycles. The third-order valence-electron chi connectivity index (χ3n) is 4.73. The Morgan fingerprint density at radius 3 is 2.42 bits per heavy atom. The molecule has 5 nitrogen and oxygen atoms in total. The van der Waals surface area contributed by atoms with Crippen LogP contribution in [0.1, 0.15) is 39.0 Å². The molecule has 1 aliphatic carbocycles. The van der Waals surface area contributed by atoms with Crippen molar-refractivity contribution in [1.29, 1.82) is 0 Å². The molecule has 19 heavy (non-hydrogen) atoms. The van der Waals surface area contributed by atoms with Crippen LogP contribution < -0.4 is 10.5 Å². The SMILES string of the molecule is CC1CCN(S(=O)(=O)NCC2CCCC2CN)CC1. The van der Waals surface area contributed by atoms with Gasteiger partial charge in [-0.1, -0.05) is 13.3 Å². The first kappa shape index (κ1) is 15.2. The summed E-state index contributed by atoms with van der Waals surface area (Å²) < 4.78 is 28.8. The van der Waals surface area contributed by atoms with Crippen molar-refractivity contribution in [3.05, 3.63) is 0 Å². The molecule has 2 fully saturated rings. The predicted molar refractivity (Wildman–Crippen MR) is 76.8 cm³/mol. The molecule has 1 aliphatic heterocycles. The Kier molecular flexibility index (Phi) is 5.22. The van der Waals surface area contributed by atoms with E-state index in [1.54, 1.807) is 4.31 Å². The van der Waals surface area contributed by atoms with Crippen molar-refractivity contribution in [1.82, 2.24) is 9.03 Å². The fraction of sp³-hybridized carbons (Fsp3) is 1.00. The van der Waals surface area contributed by atoms with Crippen LogP contribution in [0.4, 0.5) is 0 Å². The minimum atomic E-state index is -3.28. The lowest BCUT2D eigenvalue weighted by Crippen LogP contribution is -2.46. The van der Waals surface area contributed by atoms with Crippen molar-refractivity contribution in [2.24, 2.45) is 23.5 Å². The summed E-state index contributed by atoms with van der Waals surface area (Å²) in [6, 6.07) is 0. The molecule has 2 rings (SSSR count). The largest absolute Gasteiger partial charge is 0.330 e. The van der Waals surface area contributed by atoms with E-state index >= 15 is 0 Å². The average Bonchev–Trinajstić information content (AvgIpc) is 2.84. The van der Waals surface area contributed by atoms with E-state index in [1.807, 2.05) is 0 Å². The van der Waals surface area contributed by atoms with Crippen LogP contribution in [0.15, 0.2) is 0 Å². The Morgan fingerprint density at radius 2 is 1.79 bits per heavy atom. The number of hydrogen-bond acceptors (Lipinski definition) is 3. The standard InChI is InChI=1S/C13H27N3O2S/c1-11-5-7-16(8-6-11)19(17,18)15-10-13-4-2-3-12(13)9-14/h11-13,15H,2-10,14H2,1H3. The molecule has 6 heteroatoms. The lowest BCUT2D eigenvalue weighted by atomic mass is 9.97. The first-order chi connectivity index (χ1) is 9.03. The lowest BCUT2D eigenvalue weighted by molar-refractivity contribution is 0.282. The van der Waals surface area contributed by atoms with Crippen LogP contribution in [-0.2, 0) is 10.2 Å². The van der Waals surface area contributed by atoms with Crippen LogP contribution in [0.2, 0.25) is 0 Å². The molecule has 2 aliphatic rings. The summed E-state index contributed by atoms with van der Waals surface area (Å²) in [4.78, 5) is 0. The van der Waals surface area contributed by atoms with Crippen molar-refractivity contribution < 1.29 is 8.42 Å². The van der Waals surface area contributed by atoms with Crippen molar-refractivity contribution in [2.45, 2.75) is 39.0 Å². The van der Waals surface area contributed by atoms with Gasteiger partial charge in [-0.25, -0.2) is 4.72 Å². The maximum atomic E-state index is 12.2. The number of nitrogens with zero attached hydrogens (tertiary/aromatic N) is 1. The zero-order chi connectivity index (χ0) is 13.9. The second-order valence-electron chi connectivity index (χ2n) is 6.12. The summed E-state index contributed by atoms with van der Waals surface area (Å²) in [5, 5.41) is 0. The Balaban J connectivity index is 1.84. The highest BCUT2D eigenvalue weighted by atomic mass is 32.2. The van der Waals surface area contributed by atoms with Gasteiger partial charge in [-0.2, -0.15) is 12.7 Å². The summed E-state index contributed by atoms with van der Waals surface area (Å²) in [7, 11) is -3.28. The van der Waals surface area contributed by atoms with E-state index in [4.69, 9.17) is 5.73 Å². The lowest BCUT2D eigenvalue weighted by Gasteiger charge is -2.30. The summed E-state index contributed by atoms with van der Waals surface area (Å²) in [6.45, 7) is 4.72. The number of rotatable bonds is 5. The van der Waals surface area contributed by atoms with Gasteiger partial charge in [0.25, 0.3) is 10.2 Å². The quantitative estimate of drug-likeness (QED) is 0.790. The van der Waals surface area contributed by atoms with Gasteiger partial charge in [-0.05, 0) is 50.0 Å². The molecule has 2 atom stereocenters. The normalized spacial score (nSPS) is 30.8. The van der Waals surface area contributed by atoms with Gasteiger partial charge >= 0.3 is 0 Å². The van der Waals surface area contributed by atoms with Crippen LogP contribution in [-0.4, -0.2) is 38.9 Å². The molecule has 112 valence electrons. The zero-order valence-corrected chi connectivity index (χ0v) is 12.7. The van der Waals surface area contributed by atoms with Gasteiger partial charge in [0.15, 0.2) is 0 Å². The van der Waals surface area contributed by atoms with Gasteiger partial charge in [0.1, 0.15) is 0 Å². The van der Waals surface area contributed by atoms with Gasteiger partial charge in [0.2, 0.25) is 0 Å². The molecule has 1 saturated heterocycles. The first-order valence-electron chi connectivity index (χ1n) is 7.47. The average molecular weight is 289 g/mol. The van der Waals surface area contributed by atoms with E-state index in [1.165, 1.54) is 6.42 Å². The van der Waals surface area contributed by atoms with E-state index in [-0.39, 0.29) is 0 Å². The maximum Gasteiger partial charge on any atom is 0.279 e. The fourth-order valence-electron chi connectivity index (χ4n) is 3.22. The van der Waals surface area contributed by atoms with Gasteiger partial charge in [-0.15, -0.1) is 0 Å². The molecule has 3 N–H and O–H groups in total. The minimum Gasteiger partial charge on any atom is -0.330 e. The Bertz CT molecular complexity index is 377. The number of nitrogens with one attached hydrogen (secondary N) is 1. The monoisotopic (exact) mass is 289 g/mol. The summed E-state index contributed by atoms with van der Waals surface area (Å²) in [6.07, 6.45) is 5.35. The minimum absolute atomic E-state index is 0.420. The number of hydrogen-bond donors (Lipinski definition) is 2. The third-order valence-corrected chi connectivity index (χ3v) is 6.31. The summed E-state index contributed by atoms with van der Waals surface area (Å²) in [5.41, 5.74) is 5.73. The van der Waals surface area contributed by atoms with Gasteiger partial charge in [-0.3, -0.25) is 0 Å². The molecule has 2 unspecified atom stereocenters. The Labute approximate surface area is 117 Å². The zero-order valence-electron chi connectivity index (χ0n) is 11.8. The van der Waals surface area contributed by atoms with E-state index < -0.39 is 10.2 Å². The fourth-order valence-corrected chi connectivity index (χ4v) is 4.52. The van der Waals surface area contributed by atoms with Crippen molar-refractivity contribution >= 4 is 10.2 Å². The highest BCUT2D eigenvalue weighted by Crippen LogP contribution is 2.30. The van der Waals surface area contributed by atoms with E-state index in [0.29, 0.717) is 43.9 Å². The number of nitrogens with two attached hydrogens (primary N) is 1. The molecular weight excluding hydrogens is 262 g/mol. The van der Waals surface area contributed by atoms with Crippen molar-refractivity contribution in [3.8, 4) is 0 Å². The third kappa shape index (κ3) is 3.90. The summed E-state index contributed by atoms with van der Waals surface area (Å²) >= 11 is 0. The smallest absolute Gasteiger partial charge is 0.279 e. The van der Waals surface area contributed by atoms with E-state index in [9.17, 15) is 8.42 Å². The second-order valence-corrected chi connectivity index (χ2v) is 7.88. The molecule has 1 saturated carbocycles. The van der Waals surface area contributed by atoms with Crippen LogP contribution in [0.5, 0.6) is 0 Å². The molecule has 0 radical (unpaired) electrons. The topological polar surface area (TPSA) is 75.4 Å². The van der Waals surface area contributed by atoms with Crippen molar-refractivity contribution in [2.75, 3.05) is 26.2 Å². The van der Waals surface area contributed by atoms with Crippen LogP contribution in [0, 0.1) is 17.8 Å². The highest BCUT2D eigenvalue weighted by Gasteiger charge is 2.30. The molecule has 0 bridgehead atoms. The molecule has 1 heterocycles. The van der Waals surface area contributed by atoms with Gasteiger partial charge < -0.3 is 5.73 Å². The molecular formula is C13H27N3O2S. The van der Waals surface area contributed by atoms with Crippen molar-refractivity contribution in [3.63, 3.8) is 0 Å². The van der Waals surface area contributed by atoms with Gasteiger partial charge in [0.05, 0.1) is 0 Å². The number of piperidine rings is 1. The molecule has 0 aromatic rings.